The summed E-state index contributed by atoms with van der Waals surface area (Å²) < 4.78 is 12.1. The zero-order valence-electron chi connectivity index (χ0n) is 10.4. The molecule has 0 bridgehead atoms. The number of ether oxygens (including phenoxy) is 2. The van der Waals surface area contributed by atoms with E-state index in [-0.39, 0.29) is 11.7 Å². The van der Waals surface area contributed by atoms with Gasteiger partial charge in [-0.05, 0) is 19.4 Å². The van der Waals surface area contributed by atoms with E-state index >= 15 is 0 Å². The summed E-state index contributed by atoms with van der Waals surface area (Å²) in [5.41, 5.74) is 6.17. The van der Waals surface area contributed by atoms with Gasteiger partial charge < -0.3 is 19.8 Å². The monoisotopic (exact) mass is 240 g/mol. The SMILES string of the molecule is COCC(C)OCCCn1cc(N)ccc1=O. The molecule has 1 heterocycles. The normalized spacial score (nSPS) is 12.6. The van der Waals surface area contributed by atoms with Crippen LogP contribution in [0.25, 0.3) is 0 Å². The Kier molecular flexibility index (Phi) is 5.72. The first-order valence-corrected chi connectivity index (χ1v) is 5.70. The second-order valence-corrected chi connectivity index (χ2v) is 3.98. The molecule has 0 fully saturated rings. The van der Waals surface area contributed by atoms with Gasteiger partial charge >= 0.3 is 0 Å². The van der Waals surface area contributed by atoms with Crippen LogP contribution in [0, 0.1) is 0 Å². The van der Waals surface area contributed by atoms with Gasteiger partial charge in [-0.3, -0.25) is 4.79 Å². The van der Waals surface area contributed by atoms with Crippen LogP contribution in [-0.4, -0.2) is 31.0 Å². The molecule has 0 spiro atoms. The van der Waals surface area contributed by atoms with Crippen molar-refractivity contribution in [1.82, 2.24) is 4.57 Å². The van der Waals surface area contributed by atoms with Gasteiger partial charge in [0, 0.05) is 38.2 Å². The molecule has 0 saturated heterocycles. The fourth-order valence-electron chi connectivity index (χ4n) is 1.53. The van der Waals surface area contributed by atoms with Crippen molar-refractivity contribution in [2.24, 2.45) is 0 Å². The number of methoxy groups -OCH3 is 1. The molecule has 96 valence electrons. The maximum Gasteiger partial charge on any atom is 0.250 e. The Morgan fingerprint density at radius 1 is 1.47 bits per heavy atom. The number of rotatable bonds is 7. The van der Waals surface area contributed by atoms with Crippen LogP contribution >= 0.6 is 0 Å². The molecule has 0 aliphatic carbocycles. The molecule has 1 rings (SSSR count). The number of nitrogens with zero attached hydrogens (tertiary/aromatic N) is 1. The lowest BCUT2D eigenvalue weighted by molar-refractivity contribution is 0.00715. The standard InChI is InChI=1S/C12H20N2O3/c1-10(9-16-2)17-7-3-6-14-8-11(13)4-5-12(14)15/h4-5,8,10H,3,6-7,9,13H2,1-2H3. The van der Waals surface area contributed by atoms with Crippen LogP contribution < -0.4 is 11.3 Å². The second-order valence-electron chi connectivity index (χ2n) is 3.98. The van der Waals surface area contributed by atoms with Crippen LogP contribution in [0.4, 0.5) is 5.69 Å². The lowest BCUT2D eigenvalue weighted by atomic mass is 10.3. The smallest absolute Gasteiger partial charge is 0.250 e. The zero-order valence-corrected chi connectivity index (χ0v) is 10.4. The van der Waals surface area contributed by atoms with Gasteiger partial charge in [0.1, 0.15) is 0 Å². The molecule has 0 aromatic carbocycles. The molecular weight excluding hydrogens is 220 g/mol. The van der Waals surface area contributed by atoms with Crippen molar-refractivity contribution < 1.29 is 9.47 Å². The van der Waals surface area contributed by atoms with E-state index in [1.165, 1.54) is 6.07 Å². The summed E-state index contributed by atoms with van der Waals surface area (Å²) in [6, 6.07) is 3.08. The molecule has 0 amide bonds. The van der Waals surface area contributed by atoms with Crippen molar-refractivity contribution in [2.75, 3.05) is 26.1 Å². The van der Waals surface area contributed by atoms with Crippen LogP contribution in [0.3, 0.4) is 0 Å². The molecule has 1 atom stereocenters. The van der Waals surface area contributed by atoms with Gasteiger partial charge in [-0.25, -0.2) is 0 Å². The first-order valence-electron chi connectivity index (χ1n) is 5.70. The number of nitrogens with two attached hydrogens (primary N) is 1. The zero-order chi connectivity index (χ0) is 12.7. The maximum absolute atomic E-state index is 11.4. The minimum absolute atomic E-state index is 0.0378. The third-order valence-corrected chi connectivity index (χ3v) is 2.35. The largest absolute Gasteiger partial charge is 0.398 e. The highest BCUT2D eigenvalue weighted by molar-refractivity contribution is 5.33. The van der Waals surface area contributed by atoms with Gasteiger partial charge in [-0.1, -0.05) is 0 Å². The van der Waals surface area contributed by atoms with Gasteiger partial charge in [0.15, 0.2) is 0 Å². The number of pyridine rings is 1. The predicted molar refractivity (Wildman–Crippen MR) is 67.0 cm³/mol. The highest BCUT2D eigenvalue weighted by Gasteiger charge is 2.01. The third kappa shape index (κ3) is 5.01. The van der Waals surface area contributed by atoms with Gasteiger partial charge in [-0.2, -0.15) is 0 Å². The summed E-state index contributed by atoms with van der Waals surface area (Å²) in [6.07, 6.45) is 2.51. The maximum atomic E-state index is 11.4. The third-order valence-electron chi connectivity index (χ3n) is 2.35. The minimum Gasteiger partial charge on any atom is -0.398 e. The van der Waals surface area contributed by atoms with Crippen LogP contribution in [0.2, 0.25) is 0 Å². The topological polar surface area (TPSA) is 66.5 Å². The molecule has 0 aliphatic rings. The van der Waals surface area contributed by atoms with Crippen molar-refractivity contribution in [1.29, 1.82) is 0 Å². The molecule has 1 aromatic heterocycles. The fourth-order valence-corrected chi connectivity index (χ4v) is 1.53. The Bertz CT molecular complexity index is 390. The minimum atomic E-state index is -0.0378. The van der Waals surface area contributed by atoms with Crippen LogP contribution in [0.15, 0.2) is 23.1 Å². The molecule has 1 unspecified atom stereocenters. The second kappa shape index (κ2) is 7.09. The highest BCUT2D eigenvalue weighted by atomic mass is 16.5. The van der Waals surface area contributed by atoms with Crippen LogP contribution in [-0.2, 0) is 16.0 Å². The van der Waals surface area contributed by atoms with Gasteiger partial charge in [0.05, 0.1) is 12.7 Å². The quantitative estimate of drug-likeness (QED) is 0.718. The van der Waals surface area contributed by atoms with E-state index in [0.29, 0.717) is 25.4 Å². The van der Waals surface area contributed by atoms with Gasteiger partial charge in [0.25, 0.3) is 5.56 Å². The van der Waals surface area contributed by atoms with Crippen LogP contribution in [0.5, 0.6) is 0 Å². The Balaban J connectivity index is 2.31. The van der Waals surface area contributed by atoms with E-state index in [2.05, 4.69) is 0 Å². The van der Waals surface area contributed by atoms with E-state index in [4.69, 9.17) is 15.2 Å². The molecule has 1 aromatic rings. The molecule has 17 heavy (non-hydrogen) atoms. The number of aryl methyl sites for hydroxylation is 1. The summed E-state index contributed by atoms with van der Waals surface area (Å²) >= 11 is 0. The molecule has 2 N–H and O–H groups in total. The average Bonchev–Trinajstić information content (AvgIpc) is 2.29. The summed E-state index contributed by atoms with van der Waals surface area (Å²) in [5, 5.41) is 0. The number of nitrogen functional groups attached to an aromatic ring is 1. The molecule has 0 aliphatic heterocycles. The van der Waals surface area contributed by atoms with Gasteiger partial charge in [-0.15, -0.1) is 0 Å². The Labute approximate surface area is 101 Å². The van der Waals surface area contributed by atoms with Crippen LogP contribution in [0.1, 0.15) is 13.3 Å². The predicted octanol–water partition coefficient (Wildman–Crippen LogP) is 0.872. The molecular formula is C12H20N2O3. The molecule has 5 heteroatoms. The summed E-state index contributed by atoms with van der Waals surface area (Å²) in [5.74, 6) is 0. The van der Waals surface area contributed by atoms with E-state index in [9.17, 15) is 4.79 Å². The van der Waals surface area contributed by atoms with Crippen molar-refractivity contribution in [3.8, 4) is 0 Å². The van der Waals surface area contributed by atoms with E-state index in [1.807, 2.05) is 6.92 Å². The molecule has 0 radical (unpaired) electrons. The number of hydrogen-bond donors (Lipinski definition) is 1. The highest BCUT2D eigenvalue weighted by Crippen LogP contribution is 1.98. The lowest BCUT2D eigenvalue weighted by Crippen LogP contribution is -2.21. The van der Waals surface area contributed by atoms with E-state index in [0.717, 1.165) is 6.42 Å². The molecule has 5 nitrogen and oxygen atoms in total. The Morgan fingerprint density at radius 3 is 2.94 bits per heavy atom. The van der Waals surface area contributed by atoms with Crippen molar-refractivity contribution in [2.45, 2.75) is 26.0 Å². The first kappa shape index (κ1) is 13.7. The number of anilines is 1. The van der Waals surface area contributed by atoms with E-state index in [1.54, 1.807) is 23.9 Å². The summed E-state index contributed by atoms with van der Waals surface area (Å²) in [4.78, 5) is 11.4. The average molecular weight is 240 g/mol. The van der Waals surface area contributed by atoms with Gasteiger partial charge in [0.2, 0.25) is 0 Å². The Hall–Kier alpha value is -1.33. The summed E-state index contributed by atoms with van der Waals surface area (Å²) in [6.45, 7) is 3.75. The number of hydrogen-bond acceptors (Lipinski definition) is 4. The molecule has 0 saturated carbocycles. The lowest BCUT2D eigenvalue weighted by Gasteiger charge is -2.12. The van der Waals surface area contributed by atoms with E-state index < -0.39 is 0 Å². The Morgan fingerprint density at radius 2 is 2.24 bits per heavy atom. The van der Waals surface area contributed by atoms with Crippen molar-refractivity contribution in [3.63, 3.8) is 0 Å². The first-order chi connectivity index (χ1) is 8.13. The van der Waals surface area contributed by atoms with Crippen molar-refractivity contribution >= 4 is 5.69 Å². The summed E-state index contributed by atoms with van der Waals surface area (Å²) in [7, 11) is 1.65. The number of aromatic nitrogens is 1. The van der Waals surface area contributed by atoms with Crippen molar-refractivity contribution in [3.05, 3.63) is 28.7 Å². The fraction of sp³-hybridized carbons (Fsp3) is 0.583.